The van der Waals surface area contributed by atoms with E-state index < -0.39 is 10.0 Å². The minimum atomic E-state index is -3.59. The number of hydrogen-bond donors (Lipinski definition) is 2. The van der Waals surface area contributed by atoms with Gasteiger partial charge in [0, 0.05) is 16.6 Å². The number of nitrogens with one attached hydrogen (secondary N) is 2. The molecule has 1 aliphatic rings. The highest BCUT2D eigenvalue weighted by molar-refractivity contribution is 7.89. The predicted molar refractivity (Wildman–Crippen MR) is 97.1 cm³/mol. The van der Waals surface area contributed by atoms with Crippen molar-refractivity contribution < 1.29 is 13.2 Å². The van der Waals surface area contributed by atoms with Crippen LogP contribution >= 0.6 is 11.6 Å². The Bertz CT molecular complexity index is 895. The Kier molecular flexibility index (Phi) is 5.13. The third-order valence-corrected chi connectivity index (χ3v) is 5.89. The number of halogens is 1. The molecule has 1 aliphatic carbocycles. The molecule has 0 unspecified atom stereocenters. The Morgan fingerprint density at radius 2 is 1.88 bits per heavy atom. The third kappa shape index (κ3) is 4.39. The summed E-state index contributed by atoms with van der Waals surface area (Å²) in [6.07, 6.45) is 1.71. The highest BCUT2D eigenvalue weighted by Crippen LogP contribution is 2.24. The molecule has 1 atom stereocenters. The van der Waals surface area contributed by atoms with E-state index in [9.17, 15) is 13.2 Å². The van der Waals surface area contributed by atoms with E-state index in [1.807, 2.05) is 25.1 Å². The van der Waals surface area contributed by atoms with Crippen molar-refractivity contribution >= 4 is 27.5 Å². The number of carbonyl (C=O) groups excluding carboxylic acids is 1. The average molecular weight is 379 g/mol. The molecular weight excluding hydrogens is 360 g/mol. The molecule has 2 aromatic rings. The van der Waals surface area contributed by atoms with Crippen molar-refractivity contribution in [2.75, 3.05) is 0 Å². The molecule has 1 saturated carbocycles. The highest BCUT2D eigenvalue weighted by Gasteiger charge is 2.28. The minimum absolute atomic E-state index is 0.0164. The van der Waals surface area contributed by atoms with E-state index in [4.69, 9.17) is 11.6 Å². The van der Waals surface area contributed by atoms with Crippen LogP contribution in [0, 0.1) is 0 Å². The second kappa shape index (κ2) is 7.15. The maximum absolute atomic E-state index is 12.5. The van der Waals surface area contributed by atoms with E-state index in [2.05, 4.69) is 10.0 Å². The van der Waals surface area contributed by atoms with E-state index in [-0.39, 0.29) is 28.4 Å². The van der Waals surface area contributed by atoms with E-state index >= 15 is 0 Å². The van der Waals surface area contributed by atoms with Crippen LogP contribution in [0.1, 0.15) is 41.7 Å². The minimum Gasteiger partial charge on any atom is -0.345 e. The molecule has 5 nitrogen and oxygen atoms in total. The van der Waals surface area contributed by atoms with E-state index in [0.717, 1.165) is 18.4 Å². The van der Waals surface area contributed by atoms with Gasteiger partial charge in [-0.05, 0) is 49.6 Å². The van der Waals surface area contributed by atoms with Crippen LogP contribution in [0.4, 0.5) is 0 Å². The molecule has 0 aliphatic heterocycles. The normalized spacial score (nSPS) is 15.6. The lowest BCUT2D eigenvalue weighted by atomic mass is 10.1. The zero-order valence-corrected chi connectivity index (χ0v) is 15.3. The lowest BCUT2D eigenvalue weighted by Crippen LogP contribution is -2.28. The van der Waals surface area contributed by atoms with Gasteiger partial charge in [0.05, 0.1) is 10.9 Å². The van der Waals surface area contributed by atoms with Gasteiger partial charge in [-0.3, -0.25) is 4.79 Å². The summed E-state index contributed by atoms with van der Waals surface area (Å²) < 4.78 is 27.2. The summed E-state index contributed by atoms with van der Waals surface area (Å²) in [6, 6.07) is 13.0. The summed E-state index contributed by atoms with van der Waals surface area (Å²) in [7, 11) is -3.59. The second-order valence-electron chi connectivity index (χ2n) is 6.14. The number of benzene rings is 2. The Labute approximate surface area is 152 Å². The van der Waals surface area contributed by atoms with Gasteiger partial charge in [-0.2, -0.15) is 0 Å². The fourth-order valence-corrected chi connectivity index (χ4v) is 4.13. The molecule has 0 saturated heterocycles. The molecule has 0 aromatic heterocycles. The topological polar surface area (TPSA) is 75.3 Å². The van der Waals surface area contributed by atoms with Crippen LogP contribution < -0.4 is 10.0 Å². The number of amides is 1. The number of carbonyl (C=O) groups is 1. The average Bonchev–Trinajstić information content (AvgIpc) is 3.38. The fourth-order valence-electron chi connectivity index (χ4n) is 2.48. The monoisotopic (exact) mass is 378 g/mol. The summed E-state index contributed by atoms with van der Waals surface area (Å²) in [5.41, 5.74) is 1.09. The molecule has 0 bridgehead atoms. The molecule has 0 spiro atoms. The van der Waals surface area contributed by atoms with Crippen LogP contribution in [0.3, 0.4) is 0 Å². The first-order chi connectivity index (χ1) is 11.9. The molecule has 25 heavy (non-hydrogen) atoms. The van der Waals surface area contributed by atoms with E-state index in [0.29, 0.717) is 5.02 Å². The summed E-state index contributed by atoms with van der Waals surface area (Å²) >= 11 is 6.15. The van der Waals surface area contributed by atoms with Crippen LogP contribution in [0.25, 0.3) is 0 Å². The summed E-state index contributed by atoms with van der Waals surface area (Å²) in [5, 5.41) is 3.42. The Hall–Kier alpha value is -1.89. The van der Waals surface area contributed by atoms with Crippen molar-refractivity contribution in [3.05, 3.63) is 64.7 Å². The van der Waals surface area contributed by atoms with Crippen molar-refractivity contribution in [3.8, 4) is 0 Å². The van der Waals surface area contributed by atoms with Crippen LogP contribution in [0.15, 0.2) is 53.4 Å². The van der Waals surface area contributed by atoms with Crippen molar-refractivity contribution in [1.29, 1.82) is 0 Å². The largest absolute Gasteiger partial charge is 0.345 e. The first kappa shape index (κ1) is 17.9. The van der Waals surface area contributed by atoms with Gasteiger partial charge in [-0.25, -0.2) is 13.1 Å². The molecule has 0 heterocycles. The first-order valence-electron chi connectivity index (χ1n) is 8.04. The van der Waals surface area contributed by atoms with E-state index in [1.165, 1.54) is 12.1 Å². The van der Waals surface area contributed by atoms with Gasteiger partial charge in [0.15, 0.2) is 0 Å². The molecule has 2 N–H and O–H groups in total. The Morgan fingerprint density at radius 3 is 2.56 bits per heavy atom. The molecule has 2 aromatic carbocycles. The van der Waals surface area contributed by atoms with Gasteiger partial charge in [0.25, 0.3) is 5.91 Å². The van der Waals surface area contributed by atoms with Crippen LogP contribution in [0.5, 0.6) is 0 Å². The number of sulfonamides is 1. The van der Waals surface area contributed by atoms with Crippen LogP contribution in [0.2, 0.25) is 5.02 Å². The third-order valence-electron chi connectivity index (χ3n) is 4.03. The van der Waals surface area contributed by atoms with Crippen molar-refractivity contribution in [2.24, 2.45) is 0 Å². The molecule has 1 amide bonds. The van der Waals surface area contributed by atoms with Crippen molar-refractivity contribution in [2.45, 2.75) is 36.7 Å². The Morgan fingerprint density at radius 1 is 1.16 bits per heavy atom. The first-order valence-corrected chi connectivity index (χ1v) is 9.90. The highest BCUT2D eigenvalue weighted by atomic mass is 35.5. The predicted octanol–water partition coefficient (Wildman–Crippen LogP) is 3.27. The fraction of sp³-hybridized carbons (Fsp3) is 0.278. The molecule has 7 heteroatoms. The van der Waals surface area contributed by atoms with Gasteiger partial charge >= 0.3 is 0 Å². The zero-order valence-electron chi connectivity index (χ0n) is 13.7. The SMILES string of the molecule is C[C@@H](NC(=O)c1cccc(S(=O)(=O)NC2CC2)c1)c1ccccc1Cl. The summed E-state index contributed by atoms with van der Waals surface area (Å²) in [5.74, 6) is -0.351. The zero-order chi connectivity index (χ0) is 18.0. The van der Waals surface area contributed by atoms with Gasteiger partial charge in [0.1, 0.15) is 0 Å². The van der Waals surface area contributed by atoms with Gasteiger partial charge in [0.2, 0.25) is 10.0 Å². The second-order valence-corrected chi connectivity index (χ2v) is 8.26. The maximum Gasteiger partial charge on any atom is 0.251 e. The van der Waals surface area contributed by atoms with E-state index in [1.54, 1.807) is 18.2 Å². The molecule has 0 radical (unpaired) electrons. The standard InChI is InChI=1S/C18H19ClN2O3S/c1-12(16-7-2-3-8-17(16)19)20-18(22)13-5-4-6-15(11-13)25(23,24)21-14-9-10-14/h2-8,11-12,14,21H,9-10H2,1H3,(H,20,22)/t12-/m1/s1. The lowest BCUT2D eigenvalue weighted by Gasteiger charge is -2.16. The molecule has 1 fully saturated rings. The Balaban J connectivity index is 1.76. The van der Waals surface area contributed by atoms with Crippen LogP contribution in [-0.4, -0.2) is 20.4 Å². The molecule has 132 valence electrons. The molecular formula is C18H19ClN2O3S. The van der Waals surface area contributed by atoms with Gasteiger partial charge in [-0.1, -0.05) is 35.9 Å². The maximum atomic E-state index is 12.5. The lowest BCUT2D eigenvalue weighted by molar-refractivity contribution is 0.0939. The van der Waals surface area contributed by atoms with Gasteiger partial charge in [-0.15, -0.1) is 0 Å². The van der Waals surface area contributed by atoms with Crippen molar-refractivity contribution in [3.63, 3.8) is 0 Å². The number of rotatable bonds is 6. The van der Waals surface area contributed by atoms with Crippen LogP contribution in [-0.2, 0) is 10.0 Å². The quantitative estimate of drug-likeness (QED) is 0.810. The summed E-state index contributed by atoms with van der Waals surface area (Å²) in [4.78, 5) is 12.6. The van der Waals surface area contributed by atoms with Crippen molar-refractivity contribution in [1.82, 2.24) is 10.0 Å². The smallest absolute Gasteiger partial charge is 0.251 e. The van der Waals surface area contributed by atoms with Gasteiger partial charge < -0.3 is 5.32 Å². The number of hydrogen-bond acceptors (Lipinski definition) is 3. The molecule has 3 rings (SSSR count). The summed E-state index contributed by atoms with van der Waals surface area (Å²) in [6.45, 7) is 1.83.